The maximum absolute atomic E-state index is 12.9. The smallest absolute Gasteiger partial charge is 0.306 e. The Morgan fingerprint density at radius 3 is 0.712 bits per heavy atom. The second kappa shape index (κ2) is 51.3. The van der Waals surface area contributed by atoms with Gasteiger partial charge in [0.05, 0.1) is 0 Å². The van der Waals surface area contributed by atoms with Crippen LogP contribution >= 0.6 is 0 Å². The second-order valence-electron chi connectivity index (χ2n) is 21.4. The summed E-state index contributed by atoms with van der Waals surface area (Å²) in [5.41, 5.74) is 0. The van der Waals surface area contributed by atoms with Gasteiger partial charge in [-0.25, -0.2) is 0 Å². The highest BCUT2D eigenvalue weighted by atomic mass is 16.6. The second-order valence-corrected chi connectivity index (χ2v) is 21.4. The molecule has 0 aromatic carbocycles. The third-order valence-electron chi connectivity index (χ3n) is 14.7. The van der Waals surface area contributed by atoms with Crippen molar-refractivity contribution in [3.63, 3.8) is 0 Å². The van der Waals surface area contributed by atoms with Crippen molar-refractivity contribution in [2.45, 2.75) is 337 Å². The van der Waals surface area contributed by atoms with Gasteiger partial charge < -0.3 is 14.2 Å². The maximum atomic E-state index is 12.9. The summed E-state index contributed by atoms with van der Waals surface area (Å²) in [4.78, 5) is 38.2. The minimum Gasteiger partial charge on any atom is -0.462 e. The lowest BCUT2D eigenvalue weighted by Gasteiger charge is -2.18. The van der Waals surface area contributed by atoms with Crippen molar-refractivity contribution < 1.29 is 28.6 Å². The highest BCUT2D eigenvalue weighted by Crippen LogP contribution is 2.19. The van der Waals surface area contributed by atoms with E-state index < -0.39 is 6.10 Å². The van der Waals surface area contributed by atoms with Crippen LogP contribution < -0.4 is 0 Å². The SMILES string of the molecule is CCC(C)CCCCCCCCCCCCCCCCC(=O)OC[C@@H](COC(=O)CCCCCCCCCCC(C)CC)OC(=O)CCCCCCCCCCCCCCCCC(C)CC. The van der Waals surface area contributed by atoms with Crippen LogP contribution in [0.4, 0.5) is 0 Å². The quantitative estimate of drug-likeness (QED) is 0.0343. The number of carbonyl (C=O) groups excluding carboxylic acids is 3. The zero-order chi connectivity index (χ0) is 48.4. The van der Waals surface area contributed by atoms with Crippen LogP contribution in [-0.4, -0.2) is 37.2 Å². The Bertz CT molecular complexity index is 1030. The Labute approximate surface area is 412 Å². The number of ether oxygens (including phenoxy) is 3. The molecule has 0 amide bonds. The molecule has 0 saturated carbocycles. The van der Waals surface area contributed by atoms with Crippen molar-refractivity contribution in [1.29, 1.82) is 0 Å². The van der Waals surface area contributed by atoms with E-state index in [9.17, 15) is 14.4 Å². The van der Waals surface area contributed by atoms with Crippen molar-refractivity contribution in [1.82, 2.24) is 0 Å². The van der Waals surface area contributed by atoms with Crippen molar-refractivity contribution in [3.05, 3.63) is 0 Å². The Kier molecular flexibility index (Phi) is 50.0. The molecule has 0 aromatic rings. The summed E-state index contributed by atoms with van der Waals surface area (Å²) in [6, 6.07) is 0. The van der Waals surface area contributed by atoms with Gasteiger partial charge in [-0.05, 0) is 37.0 Å². The summed E-state index contributed by atoms with van der Waals surface area (Å²) in [6.07, 6.45) is 53.6. The molecule has 0 spiro atoms. The van der Waals surface area contributed by atoms with Crippen LogP contribution in [0.25, 0.3) is 0 Å². The summed E-state index contributed by atoms with van der Waals surface area (Å²) < 4.78 is 16.9. The number of carbonyl (C=O) groups is 3. The molecule has 0 radical (unpaired) electrons. The molecule has 0 aliphatic heterocycles. The molecule has 0 aliphatic rings. The lowest BCUT2D eigenvalue weighted by molar-refractivity contribution is -0.167. The first-order chi connectivity index (χ1) is 32.2. The van der Waals surface area contributed by atoms with Crippen LogP contribution in [-0.2, 0) is 28.6 Å². The molecule has 66 heavy (non-hydrogen) atoms. The standard InChI is InChI=1S/C60H116O6/c1-7-54(4)46-40-34-28-22-18-14-10-12-16-20-24-31-37-43-49-58(61)64-52-57(53-65-59(62)50-44-38-32-27-26-30-36-42-48-56(6)9-3)66-60(63)51-45-39-33-25-21-17-13-11-15-19-23-29-35-41-47-55(5)8-2/h54-57H,7-53H2,1-6H3/t54?,55?,56?,57-/m0/s1. The molecular weight excluding hydrogens is 817 g/mol. The van der Waals surface area contributed by atoms with Crippen molar-refractivity contribution >= 4 is 17.9 Å². The molecule has 3 unspecified atom stereocenters. The van der Waals surface area contributed by atoms with Crippen LogP contribution in [0.1, 0.15) is 330 Å². The van der Waals surface area contributed by atoms with Crippen LogP contribution in [0.3, 0.4) is 0 Å². The number of rotatable bonds is 53. The number of unbranched alkanes of at least 4 members (excludes halogenated alkanes) is 33. The van der Waals surface area contributed by atoms with Gasteiger partial charge in [-0.15, -0.1) is 0 Å². The number of esters is 3. The third-order valence-corrected chi connectivity index (χ3v) is 14.7. The lowest BCUT2D eigenvalue weighted by Crippen LogP contribution is -2.30. The molecule has 0 saturated heterocycles. The summed E-state index contributed by atoms with van der Waals surface area (Å²) in [7, 11) is 0. The lowest BCUT2D eigenvalue weighted by atomic mass is 9.99. The number of hydrogen-bond acceptors (Lipinski definition) is 6. The molecule has 392 valence electrons. The van der Waals surface area contributed by atoms with E-state index in [1.807, 2.05) is 0 Å². The number of hydrogen-bond donors (Lipinski definition) is 0. The van der Waals surface area contributed by atoms with E-state index in [-0.39, 0.29) is 31.1 Å². The molecule has 0 bridgehead atoms. The predicted molar refractivity (Wildman–Crippen MR) is 284 cm³/mol. The summed E-state index contributed by atoms with van der Waals surface area (Å²) >= 11 is 0. The van der Waals surface area contributed by atoms with E-state index in [1.165, 1.54) is 212 Å². The fourth-order valence-corrected chi connectivity index (χ4v) is 9.08. The van der Waals surface area contributed by atoms with Crippen molar-refractivity contribution in [3.8, 4) is 0 Å². The van der Waals surface area contributed by atoms with Crippen molar-refractivity contribution in [2.75, 3.05) is 13.2 Å². The van der Waals surface area contributed by atoms with Crippen LogP contribution in [0.15, 0.2) is 0 Å². The average Bonchev–Trinajstić information content (AvgIpc) is 3.32. The topological polar surface area (TPSA) is 78.9 Å². The predicted octanol–water partition coefficient (Wildman–Crippen LogP) is 19.5. The fourth-order valence-electron chi connectivity index (χ4n) is 9.08. The van der Waals surface area contributed by atoms with Gasteiger partial charge in [-0.3, -0.25) is 14.4 Å². The van der Waals surface area contributed by atoms with E-state index in [0.717, 1.165) is 75.5 Å². The van der Waals surface area contributed by atoms with Gasteiger partial charge in [-0.1, -0.05) is 292 Å². The highest BCUT2D eigenvalue weighted by molar-refractivity contribution is 5.71. The van der Waals surface area contributed by atoms with E-state index in [0.29, 0.717) is 19.3 Å². The van der Waals surface area contributed by atoms with Crippen LogP contribution in [0.2, 0.25) is 0 Å². The van der Waals surface area contributed by atoms with E-state index in [1.54, 1.807) is 0 Å². The molecule has 0 aromatic heterocycles. The third kappa shape index (κ3) is 48.9. The molecule has 6 nitrogen and oxygen atoms in total. The molecule has 0 fully saturated rings. The van der Waals surface area contributed by atoms with Crippen molar-refractivity contribution in [2.24, 2.45) is 17.8 Å². The monoisotopic (exact) mass is 933 g/mol. The molecule has 6 heteroatoms. The first-order valence-electron chi connectivity index (χ1n) is 29.7. The van der Waals surface area contributed by atoms with Gasteiger partial charge in [0.2, 0.25) is 0 Å². The first kappa shape index (κ1) is 64.4. The zero-order valence-corrected chi connectivity index (χ0v) is 45.5. The molecule has 0 heterocycles. The van der Waals surface area contributed by atoms with E-state index in [4.69, 9.17) is 14.2 Å². The van der Waals surface area contributed by atoms with Crippen LogP contribution in [0.5, 0.6) is 0 Å². The average molecular weight is 934 g/mol. The molecule has 0 aliphatic carbocycles. The molecule has 0 N–H and O–H groups in total. The van der Waals surface area contributed by atoms with Gasteiger partial charge in [0, 0.05) is 19.3 Å². The Hall–Kier alpha value is -1.59. The zero-order valence-electron chi connectivity index (χ0n) is 45.5. The van der Waals surface area contributed by atoms with E-state index >= 15 is 0 Å². The Morgan fingerprint density at radius 1 is 0.288 bits per heavy atom. The van der Waals surface area contributed by atoms with Crippen LogP contribution in [0, 0.1) is 17.8 Å². The molecule has 4 atom stereocenters. The van der Waals surface area contributed by atoms with Gasteiger partial charge in [0.15, 0.2) is 6.10 Å². The first-order valence-corrected chi connectivity index (χ1v) is 29.7. The van der Waals surface area contributed by atoms with Gasteiger partial charge in [0.1, 0.15) is 13.2 Å². The largest absolute Gasteiger partial charge is 0.462 e. The normalized spacial score (nSPS) is 13.4. The maximum Gasteiger partial charge on any atom is 0.306 e. The minimum atomic E-state index is -0.764. The highest BCUT2D eigenvalue weighted by Gasteiger charge is 2.19. The van der Waals surface area contributed by atoms with Gasteiger partial charge in [0.25, 0.3) is 0 Å². The molecule has 0 rings (SSSR count). The van der Waals surface area contributed by atoms with E-state index in [2.05, 4.69) is 41.5 Å². The summed E-state index contributed by atoms with van der Waals surface area (Å²) in [6.45, 7) is 13.8. The summed E-state index contributed by atoms with van der Waals surface area (Å²) in [5, 5.41) is 0. The van der Waals surface area contributed by atoms with Gasteiger partial charge in [-0.2, -0.15) is 0 Å². The minimum absolute atomic E-state index is 0.0637. The van der Waals surface area contributed by atoms with Gasteiger partial charge >= 0.3 is 17.9 Å². The fraction of sp³-hybridized carbons (Fsp3) is 0.950. The Balaban J connectivity index is 4.29. The Morgan fingerprint density at radius 2 is 0.485 bits per heavy atom. The summed E-state index contributed by atoms with van der Waals surface area (Å²) in [5.74, 6) is 1.79. The molecular formula is C60H116O6.